The zero-order chi connectivity index (χ0) is 13.8. The largest absolute Gasteiger partial charge is 0.395 e. The van der Waals surface area contributed by atoms with Gasteiger partial charge in [-0.05, 0) is 31.1 Å². The molecule has 108 valence electrons. The minimum absolute atomic E-state index is 0.0669. The van der Waals surface area contributed by atoms with E-state index in [1.165, 1.54) is 0 Å². The van der Waals surface area contributed by atoms with Crippen LogP contribution in [0.4, 0.5) is 0 Å². The second-order valence-corrected chi connectivity index (χ2v) is 7.62. The number of aliphatic hydroxyl groups excluding tert-OH is 1. The van der Waals surface area contributed by atoms with Crippen LogP contribution in [0, 0.1) is 11.8 Å². The molecular formula is C13H27NO3S. The SMILES string of the molecule is CCCC(C)CS(=O)(=O)N1CCCC(C)C1CO. The Morgan fingerprint density at radius 3 is 2.67 bits per heavy atom. The van der Waals surface area contributed by atoms with Crippen LogP contribution in [0.3, 0.4) is 0 Å². The lowest BCUT2D eigenvalue weighted by Gasteiger charge is -2.38. The molecule has 0 radical (unpaired) electrons. The fraction of sp³-hybridized carbons (Fsp3) is 1.00. The molecule has 1 aliphatic heterocycles. The average molecular weight is 277 g/mol. The van der Waals surface area contributed by atoms with E-state index in [-0.39, 0.29) is 30.2 Å². The van der Waals surface area contributed by atoms with Crippen molar-refractivity contribution in [1.29, 1.82) is 0 Å². The molecule has 0 aliphatic carbocycles. The number of hydrogen-bond acceptors (Lipinski definition) is 3. The molecule has 3 atom stereocenters. The third-order valence-corrected chi connectivity index (χ3v) is 6.04. The molecule has 0 aromatic carbocycles. The number of rotatable bonds is 6. The highest BCUT2D eigenvalue weighted by atomic mass is 32.2. The molecular weight excluding hydrogens is 250 g/mol. The van der Waals surface area contributed by atoms with Crippen molar-refractivity contribution >= 4 is 10.0 Å². The normalized spacial score (nSPS) is 28.2. The maximum absolute atomic E-state index is 12.4. The van der Waals surface area contributed by atoms with Gasteiger partial charge >= 0.3 is 0 Å². The van der Waals surface area contributed by atoms with Crippen molar-refractivity contribution in [1.82, 2.24) is 4.31 Å². The summed E-state index contributed by atoms with van der Waals surface area (Å²) >= 11 is 0. The van der Waals surface area contributed by atoms with Crippen molar-refractivity contribution in [2.45, 2.75) is 52.5 Å². The summed E-state index contributed by atoms with van der Waals surface area (Å²) in [5.74, 6) is 0.654. The molecule has 0 amide bonds. The van der Waals surface area contributed by atoms with Gasteiger partial charge in [-0.1, -0.05) is 27.2 Å². The molecule has 1 rings (SSSR count). The average Bonchev–Trinajstić information content (AvgIpc) is 2.28. The Kier molecular flexibility index (Phi) is 6.08. The highest BCUT2D eigenvalue weighted by Gasteiger charge is 2.36. The Labute approximate surface area is 111 Å². The van der Waals surface area contributed by atoms with Gasteiger partial charge in [-0.3, -0.25) is 0 Å². The molecule has 1 fully saturated rings. The van der Waals surface area contributed by atoms with Gasteiger partial charge in [-0.2, -0.15) is 4.31 Å². The molecule has 0 spiro atoms. The zero-order valence-electron chi connectivity index (χ0n) is 11.8. The third-order valence-electron chi connectivity index (χ3n) is 3.89. The lowest BCUT2D eigenvalue weighted by molar-refractivity contribution is 0.113. The van der Waals surface area contributed by atoms with Gasteiger partial charge in [0.05, 0.1) is 18.4 Å². The second-order valence-electron chi connectivity index (χ2n) is 5.65. The summed E-state index contributed by atoms with van der Waals surface area (Å²) in [5.41, 5.74) is 0. The van der Waals surface area contributed by atoms with Crippen molar-refractivity contribution in [3.63, 3.8) is 0 Å². The van der Waals surface area contributed by atoms with Crippen LogP contribution in [0.5, 0.6) is 0 Å². The first-order valence-electron chi connectivity index (χ1n) is 7.02. The monoisotopic (exact) mass is 277 g/mol. The van der Waals surface area contributed by atoms with E-state index in [4.69, 9.17) is 0 Å². The van der Waals surface area contributed by atoms with Gasteiger partial charge in [0, 0.05) is 6.54 Å². The summed E-state index contributed by atoms with van der Waals surface area (Å²) in [7, 11) is -3.23. The molecule has 1 heterocycles. The molecule has 18 heavy (non-hydrogen) atoms. The Morgan fingerprint density at radius 2 is 2.11 bits per heavy atom. The molecule has 0 saturated carbocycles. The van der Waals surface area contributed by atoms with Crippen molar-refractivity contribution in [2.24, 2.45) is 11.8 Å². The lowest BCUT2D eigenvalue weighted by Crippen LogP contribution is -2.50. The fourth-order valence-electron chi connectivity index (χ4n) is 2.86. The number of hydrogen-bond donors (Lipinski definition) is 1. The first-order valence-corrected chi connectivity index (χ1v) is 8.63. The van der Waals surface area contributed by atoms with E-state index >= 15 is 0 Å². The predicted molar refractivity (Wildman–Crippen MR) is 73.8 cm³/mol. The molecule has 0 bridgehead atoms. The standard InChI is InChI=1S/C13H27NO3S/c1-4-6-11(2)10-18(16,17)14-8-5-7-12(3)13(14)9-15/h11-13,15H,4-10H2,1-3H3. The number of nitrogens with zero attached hydrogens (tertiary/aromatic N) is 1. The predicted octanol–water partition coefficient (Wildman–Crippen LogP) is 1.85. The van der Waals surface area contributed by atoms with Crippen molar-refractivity contribution in [3.8, 4) is 0 Å². The van der Waals surface area contributed by atoms with Crippen LogP contribution >= 0.6 is 0 Å². The quantitative estimate of drug-likeness (QED) is 0.806. The second kappa shape index (κ2) is 6.87. The Morgan fingerprint density at radius 1 is 1.44 bits per heavy atom. The molecule has 0 aromatic rings. The minimum Gasteiger partial charge on any atom is -0.395 e. The highest BCUT2D eigenvalue weighted by Crippen LogP contribution is 2.26. The molecule has 1 N–H and O–H groups in total. The third kappa shape index (κ3) is 3.93. The number of aliphatic hydroxyl groups is 1. The van der Waals surface area contributed by atoms with Gasteiger partial charge in [0.15, 0.2) is 0 Å². The summed E-state index contributed by atoms with van der Waals surface area (Å²) < 4.78 is 26.3. The first-order chi connectivity index (χ1) is 8.42. The highest BCUT2D eigenvalue weighted by molar-refractivity contribution is 7.89. The maximum Gasteiger partial charge on any atom is 0.214 e. The zero-order valence-corrected chi connectivity index (χ0v) is 12.6. The summed E-state index contributed by atoms with van der Waals surface area (Å²) in [6.45, 7) is 6.59. The molecule has 1 aliphatic rings. The Hall–Kier alpha value is -0.130. The molecule has 5 heteroatoms. The van der Waals surface area contributed by atoms with Crippen molar-refractivity contribution in [3.05, 3.63) is 0 Å². The van der Waals surface area contributed by atoms with E-state index in [1.54, 1.807) is 4.31 Å². The van der Waals surface area contributed by atoms with E-state index in [9.17, 15) is 13.5 Å². The lowest BCUT2D eigenvalue weighted by atomic mass is 9.93. The fourth-order valence-corrected chi connectivity index (χ4v) is 5.03. The van der Waals surface area contributed by atoms with Crippen LogP contribution in [0.1, 0.15) is 46.5 Å². The van der Waals surface area contributed by atoms with Crippen LogP contribution in [0.2, 0.25) is 0 Å². The van der Waals surface area contributed by atoms with Crippen LogP contribution < -0.4 is 0 Å². The van der Waals surface area contributed by atoms with E-state index in [0.29, 0.717) is 6.54 Å². The Balaban J connectivity index is 2.76. The minimum atomic E-state index is -3.23. The van der Waals surface area contributed by atoms with E-state index < -0.39 is 10.0 Å². The number of piperidine rings is 1. The molecule has 1 saturated heterocycles. The van der Waals surface area contributed by atoms with Crippen LogP contribution in [0.15, 0.2) is 0 Å². The summed E-state index contributed by atoms with van der Waals surface area (Å²) in [6.07, 6.45) is 3.85. The van der Waals surface area contributed by atoms with Gasteiger partial charge in [-0.15, -0.1) is 0 Å². The maximum atomic E-state index is 12.4. The topological polar surface area (TPSA) is 57.6 Å². The number of sulfonamides is 1. The summed E-state index contributed by atoms with van der Waals surface area (Å²) in [4.78, 5) is 0. The van der Waals surface area contributed by atoms with Gasteiger partial charge in [0.25, 0.3) is 0 Å². The van der Waals surface area contributed by atoms with E-state index in [2.05, 4.69) is 6.92 Å². The summed E-state index contributed by atoms with van der Waals surface area (Å²) in [6, 6.07) is -0.224. The van der Waals surface area contributed by atoms with Crippen LogP contribution in [-0.2, 0) is 10.0 Å². The van der Waals surface area contributed by atoms with Gasteiger partial charge in [-0.25, -0.2) is 8.42 Å². The van der Waals surface area contributed by atoms with Gasteiger partial charge < -0.3 is 5.11 Å². The van der Waals surface area contributed by atoms with Gasteiger partial charge in [0.2, 0.25) is 10.0 Å². The van der Waals surface area contributed by atoms with Crippen LogP contribution in [-0.4, -0.2) is 42.8 Å². The van der Waals surface area contributed by atoms with E-state index in [0.717, 1.165) is 25.7 Å². The summed E-state index contributed by atoms with van der Waals surface area (Å²) in [5, 5.41) is 9.43. The molecule has 0 aromatic heterocycles. The Bertz CT molecular complexity index is 342. The molecule has 4 nitrogen and oxygen atoms in total. The smallest absolute Gasteiger partial charge is 0.214 e. The molecule has 3 unspecified atom stereocenters. The van der Waals surface area contributed by atoms with Crippen LogP contribution in [0.25, 0.3) is 0 Å². The van der Waals surface area contributed by atoms with Gasteiger partial charge in [0.1, 0.15) is 0 Å². The first kappa shape index (κ1) is 15.9. The van der Waals surface area contributed by atoms with Crippen molar-refractivity contribution < 1.29 is 13.5 Å². The van der Waals surface area contributed by atoms with E-state index in [1.807, 2.05) is 13.8 Å². The van der Waals surface area contributed by atoms with Crippen molar-refractivity contribution in [2.75, 3.05) is 18.9 Å².